The Bertz CT molecular complexity index is 292. The number of aliphatic carboxylic acids is 1. The van der Waals surface area contributed by atoms with Crippen LogP contribution in [0.15, 0.2) is 11.0 Å². The van der Waals surface area contributed by atoms with E-state index in [1.54, 1.807) is 6.92 Å². The van der Waals surface area contributed by atoms with Crippen LogP contribution in [0.25, 0.3) is 0 Å². The van der Waals surface area contributed by atoms with E-state index in [-0.39, 0.29) is 25.3 Å². The molecule has 0 aliphatic heterocycles. The fourth-order valence-corrected chi connectivity index (χ4v) is 1.11. The molecule has 0 aliphatic carbocycles. The van der Waals surface area contributed by atoms with E-state index in [1.165, 1.54) is 0 Å². The number of carboxylic acid groups (broad SMARTS) is 1. The van der Waals surface area contributed by atoms with Crippen LogP contribution >= 0.6 is 0 Å². The second-order valence-corrected chi connectivity index (χ2v) is 3.51. The maximum atomic E-state index is 10.3. The molecule has 0 spiro atoms. The third kappa shape index (κ3) is 5.88. The maximum Gasteiger partial charge on any atom is 1.00 e. The van der Waals surface area contributed by atoms with E-state index in [0.29, 0.717) is 6.42 Å². The summed E-state index contributed by atoms with van der Waals surface area (Å²) in [5, 5.41) is 10.1. The molecule has 0 aromatic carbocycles. The molecule has 0 radical (unpaired) electrons. The van der Waals surface area contributed by atoms with Gasteiger partial charge in [-0.05, 0) is 6.42 Å². The van der Waals surface area contributed by atoms with Crippen LogP contribution in [-0.2, 0) is 14.9 Å². The van der Waals surface area contributed by atoms with Crippen LogP contribution in [0, 0.1) is 0 Å². The van der Waals surface area contributed by atoms with E-state index in [9.17, 15) is 18.3 Å². The summed E-state index contributed by atoms with van der Waals surface area (Å²) in [6.45, 7) is 1.74. The molecule has 7 heteroatoms. The van der Waals surface area contributed by atoms with Crippen LogP contribution in [-0.4, -0.2) is 18.9 Å². The monoisotopic (exact) mass is 200 g/mol. The zero-order valence-electron chi connectivity index (χ0n) is 7.48. The summed E-state index contributed by atoms with van der Waals surface area (Å²) < 4.78 is 29.0. The van der Waals surface area contributed by atoms with E-state index in [0.717, 1.165) is 6.08 Å². The van der Waals surface area contributed by atoms with Gasteiger partial charge in [0.25, 0.3) is 10.1 Å². The van der Waals surface area contributed by atoms with Gasteiger partial charge in [0.05, 0.1) is 5.97 Å². The molecular formula is C6H9LiO5S. The van der Waals surface area contributed by atoms with Gasteiger partial charge in [-0.2, -0.15) is 8.42 Å². The van der Waals surface area contributed by atoms with Crippen molar-refractivity contribution >= 4 is 16.1 Å². The molecule has 0 aliphatic rings. The van der Waals surface area contributed by atoms with E-state index in [4.69, 9.17) is 4.55 Å². The Balaban J connectivity index is 0. The Morgan fingerprint density at radius 1 is 1.54 bits per heavy atom. The predicted molar refractivity (Wildman–Crippen MR) is 39.5 cm³/mol. The third-order valence-corrected chi connectivity index (χ3v) is 1.99. The maximum absolute atomic E-state index is 10.3. The second-order valence-electron chi connectivity index (χ2n) is 2.12. The molecular weight excluding hydrogens is 191 g/mol. The van der Waals surface area contributed by atoms with Crippen molar-refractivity contribution in [2.75, 3.05) is 0 Å². The van der Waals surface area contributed by atoms with Gasteiger partial charge >= 0.3 is 18.9 Å². The molecule has 70 valence electrons. The normalized spacial score (nSPS) is 12.0. The van der Waals surface area contributed by atoms with Gasteiger partial charge in [0.1, 0.15) is 4.91 Å². The van der Waals surface area contributed by atoms with Gasteiger partial charge in [0.15, 0.2) is 0 Å². The summed E-state index contributed by atoms with van der Waals surface area (Å²) in [6, 6.07) is 0. The fourth-order valence-electron chi connectivity index (χ4n) is 0.569. The standard InChI is InChI=1S/C6H10O5S.Li/c1-2-3-4-5(6(7)8)12(9,10)11;/h4H,2-3H2,1H3,(H,7,8)(H,9,10,11);/q;+1/p-1/b5-4+;. The molecule has 0 fully saturated rings. The summed E-state index contributed by atoms with van der Waals surface area (Å²) in [5.74, 6) is -1.88. The van der Waals surface area contributed by atoms with Gasteiger partial charge in [-0.1, -0.05) is 19.4 Å². The SMILES string of the molecule is CCC/C=C(\C(=O)[O-])S(=O)(=O)O.[Li+]. The number of hydrogen-bond acceptors (Lipinski definition) is 4. The number of unbranched alkanes of at least 4 members (excludes halogenated alkanes) is 1. The molecule has 0 unspecified atom stereocenters. The van der Waals surface area contributed by atoms with Crippen molar-refractivity contribution in [3.05, 3.63) is 11.0 Å². The summed E-state index contributed by atoms with van der Waals surface area (Å²) in [6.07, 6.45) is 1.78. The molecule has 0 saturated heterocycles. The Morgan fingerprint density at radius 2 is 2.00 bits per heavy atom. The smallest absolute Gasteiger partial charge is 0.544 e. The van der Waals surface area contributed by atoms with Crippen molar-refractivity contribution in [1.82, 2.24) is 0 Å². The summed E-state index contributed by atoms with van der Waals surface area (Å²) >= 11 is 0. The molecule has 0 saturated carbocycles. The molecule has 0 rings (SSSR count). The van der Waals surface area contributed by atoms with E-state index in [1.807, 2.05) is 0 Å². The predicted octanol–water partition coefficient (Wildman–Crippen LogP) is -3.69. The molecule has 1 N–H and O–H groups in total. The third-order valence-electron chi connectivity index (χ3n) is 1.10. The summed E-state index contributed by atoms with van der Waals surface area (Å²) in [4.78, 5) is 9.07. The van der Waals surface area contributed by atoms with Crippen LogP contribution in [0.1, 0.15) is 19.8 Å². The minimum absolute atomic E-state index is 0. The van der Waals surface area contributed by atoms with Gasteiger partial charge in [0.2, 0.25) is 0 Å². The Labute approximate surface area is 88.8 Å². The van der Waals surface area contributed by atoms with Crippen molar-refractivity contribution in [3.8, 4) is 0 Å². The first-order valence-corrected chi connectivity index (χ1v) is 4.72. The number of hydrogen-bond donors (Lipinski definition) is 1. The van der Waals surface area contributed by atoms with E-state index in [2.05, 4.69) is 0 Å². The second kappa shape index (κ2) is 6.21. The first-order valence-electron chi connectivity index (χ1n) is 3.28. The Morgan fingerprint density at radius 3 is 2.23 bits per heavy atom. The summed E-state index contributed by atoms with van der Waals surface area (Å²) in [7, 11) is -4.64. The summed E-state index contributed by atoms with van der Waals surface area (Å²) in [5.41, 5.74) is 0. The molecule has 0 aromatic heterocycles. The number of rotatable bonds is 4. The molecule has 5 nitrogen and oxygen atoms in total. The zero-order valence-corrected chi connectivity index (χ0v) is 8.30. The largest absolute Gasteiger partial charge is 1.00 e. The first-order chi connectivity index (χ1) is 5.39. The van der Waals surface area contributed by atoms with Crippen LogP contribution in [0.3, 0.4) is 0 Å². The molecule has 13 heavy (non-hydrogen) atoms. The number of carbonyl (C=O) groups excluding carboxylic acids is 1. The Kier molecular flexibility index (Phi) is 7.27. The first kappa shape index (κ1) is 15.2. The minimum Gasteiger partial charge on any atom is -0.544 e. The molecule has 0 heterocycles. The molecule has 0 amide bonds. The van der Waals surface area contributed by atoms with Crippen LogP contribution < -0.4 is 24.0 Å². The minimum atomic E-state index is -4.64. The van der Waals surface area contributed by atoms with E-state index >= 15 is 0 Å². The van der Waals surface area contributed by atoms with Crippen molar-refractivity contribution in [3.63, 3.8) is 0 Å². The number of carboxylic acids is 1. The van der Waals surface area contributed by atoms with Crippen molar-refractivity contribution in [1.29, 1.82) is 0 Å². The molecule has 0 aromatic rings. The quantitative estimate of drug-likeness (QED) is 0.286. The van der Waals surface area contributed by atoms with Crippen LogP contribution in [0.5, 0.6) is 0 Å². The van der Waals surface area contributed by atoms with Gasteiger partial charge in [0, 0.05) is 0 Å². The van der Waals surface area contributed by atoms with Gasteiger partial charge < -0.3 is 9.90 Å². The van der Waals surface area contributed by atoms with E-state index < -0.39 is 21.0 Å². The molecule has 0 atom stereocenters. The van der Waals surface area contributed by atoms with Gasteiger partial charge in [-0.15, -0.1) is 0 Å². The van der Waals surface area contributed by atoms with Gasteiger partial charge in [-0.25, -0.2) is 0 Å². The fraction of sp³-hybridized carbons (Fsp3) is 0.500. The zero-order chi connectivity index (χ0) is 9.78. The van der Waals surface area contributed by atoms with Crippen molar-refractivity contribution in [2.24, 2.45) is 0 Å². The van der Waals surface area contributed by atoms with Crippen molar-refractivity contribution in [2.45, 2.75) is 19.8 Å². The molecule has 0 bridgehead atoms. The Hall–Kier alpha value is -0.283. The van der Waals surface area contributed by atoms with Gasteiger partial charge in [-0.3, -0.25) is 4.55 Å². The average molecular weight is 200 g/mol. The van der Waals surface area contributed by atoms with Crippen molar-refractivity contribution < 1.29 is 41.7 Å². The van der Waals surface area contributed by atoms with Crippen LogP contribution in [0.4, 0.5) is 0 Å². The topological polar surface area (TPSA) is 94.5 Å². The number of allylic oxidation sites excluding steroid dienone is 1. The van der Waals surface area contributed by atoms with Crippen LogP contribution in [0.2, 0.25) is 0 Å². The average Bonchev–Trinajstić information content (AvgIpc) is 1.84. The number of carbonyl (C=O) groups is 1.